The average Bonchev–Trinajstić information content (AvgIpc) is 2.47. The molecule has 0 aliphatic heterocycles. The van der Waals surface area contributed by atoms with Gasteiger partial charge in [-0.1, -0.05) is 22.9 Å². The molecule has 0 fully saturated rings. The molecule has 112 valence electrons. The first-order chi connectivity index (χ1) is 10.1. The lowest BCUT2D eigenvalue weighted by molar-refractivity contribution is 0.405. The molecule has 21 heavy (non-hydrogen) atoms. The normalized spacial score (nSPS) is 12.2. The van der Waals surface area contributed by atoms with E-state index in [1.165, 1.54) is 12.3 Å². The zero-order valence-electron chi connectivity index (χ0n) is 12.1. The average molecular weight is 353 g/mol. The molecule has 1 N–H and O–H groups in total. The highest BCUT2D eigenvalue weighted by Gasteiger charge is 2.15. The molecular weight excluding hydrogens is 335 g/mol. The minimum atomic E-state index is -0.323. The van der Waals surface area contributed by atoms with Gasteiger partial charge in [0.2, 0.25) is 0 Å². The Hall–Kier alpha value is -1.46. The third kappa shape index (κ3) is 4.25. The van der Waals surface area contributed by atoms with Crippen molar-refractivity contribution in [2.45, 2.75) is 19.4 Å². The van der Waals surface area contributed by atoms with Gasteiger partial charge in [0.15, 0.2) is 0 Å². The molecule has 1 unspecified atom stereocenters. The van der Waals surface area contributed by atoms with Crippen LogP contribution < -0.4 is 10.1 Å². The maximum absolute atomic E-state index is 13.4. The minimum absolute atomic E-state index is 0.0126. The molecule has 0 spiro atoms. The van der Waals surface area contributed by atoms with Gasteiger partial charge in [0.1, 0.15) is 11.6 Å². The number of hydrogen-bond donors (Lipinski definition) is 1. The summed E-state index contributed by atoms with van der Waals surface area (Å²) in [5, 5.41) is 3.37. The van der Waals surface area contributed by atoms with Crippen LogP contribution in [0.1, 0.15) is 24.1 Å². The van der Waals surface area contributed by atoms with E-state index in [1.807, 2.05) is 25.1 Å². The van der Waals surface area contributed by atoms with E-state index in [2.05, 4.69) is 26.2 Å². The Kier molecular flexibility index (Phi) is 5.70. The Balaban J connectivity index is 2.30. The van der Waals surface area contributed by atoms with Crippen LogP contribution in [0, 0.1) is 5.82 Å². The third-order valence-corrected chi connectivity index (χ3v) is 3.74. The van der Waals surface area contributed by atoms with E-state index in [4.69, 9.17) is 4.74 Å². The maximum atomic E-state index is 13.4. The second-order valence-electron chi connectivity index (χ2n) is 4.71. The molecule has 2 aromatic rings. The van der Waals surface area contributed by atoms with Gasteiger partial charge in [0.05, 0.1) is 13.3 Å². The zero-order chi connectivity index (χ0) is 15.2. The Labute approximate surface area is 132 Å². The number of methoxy groups -OCH3 is 1. The van der Waals surface area contributed by atoms with Crippen LogP contribution in [0.2, 0.25) is 0 Å². The van der Waals surface area contributed by atoms with Crippen molar-refractivity contribution < 1.29 is 9.13 Å². The highest BCUT2D eigenvalue weighted by atomic mass is 79.9. The zero-order valence-corrected chi connectivity index (χ0v) is 13.7. The number of hydrogen-bond acceptors (Lipinski definition) is 3. The summed E-state index contributed by atoms with van der Waals surface area (Å²) < 4.78 is 19.8. The van der Waals surface area contributed by atoms with Gasteiger partial charge < -0.3 is 10.1 Å². The van der Waals surface area contributed by atoms with Gasteiger partial charge in [-0.05, 0) is 48.4 Å². The number of likely N-dealkylation sites (N-methyl/N-ethyl adjacent to an activating group) is 1. The van der Waals surface area contributed by atoms with Gasteiger partial charge >= 0.3 is 0 Å². The van der Waals surface area contributed by atoms with Crippen molar-refractivity contribution in [3.8, 4) is 5.75 Å². The van der Waals surface area contributed by atoms with E-state index < -0.39 is 0 Å². The van der Waals surface area contributed by atoms with Crippen LogP contribution >= 0.6 is 15.9 Å². The number of halogens is 2. The Morgan fingerprint density at radius 3 is 2.81 bits per heavy atom. The van der Waals surface area contributed by atoms with Crippen LogP contribution in [0.25, 0.3) is 0 Å². The number of nitrogens with one attached hydrogen (secondary N) is 1. The van der Waals surface area contributed by atoms with Gasteiger partial charge in [0, 0.05) is 16.7 Å². The topological polar surface area (TPSA) is 34.1 Å². The molecule has 3 nitrogen and oxygen atoms in total. The molecule has 0 saturated heterocycles. The lowest BCUT2D eigenvalue weighted by Crippen LogP contribution is -2.23. The molecule has 0 radical (unpaired) electrons. The monoisotopic (exact) mass is 352 g/mol. The second-order valence-corrected chi connectivity index (χ2v) is 5.62. The number of nitrogens with zero attached hydrogens (tertiary/aromatic N) is 1. The van der Waals surface area contributed by atoms with Crippen LogP contribution in [-0.4, -0.2) is 18.6 Å². The summed E-state index contributed by atoms with van der Waals surface area (Å²) in [5.74, 6) is 0.502. The molecule has 1 heterocycles. The number of aromatic nitrogens is 1. The molecule has 2 rings (SSSR count). The van der Waals surface area contributed by atoms with Crippen molar-refractivity contribution in [2.75, 3.05) is 13.7 Å². The van der Waals surface area contributed by atoms with Crippen LogP contribution in [-0.2, 0) is 6.42 Å². The standard InChI is InChI=1S/C16H18BrFN2O/c1-3-20-15(12-7-14(18)10-19-9-12)8-11-6-13(17)4-5-16(11)21-2/h4-7,9-10,15,20H,3,8H2,1-2H3. The lowest BCUT2D eigenvalue weighted by Gasteiger charge is -2.20. The number of ether oxygens (including phenoxy) is 1. The van der Waals surface area contributed by atoms with Gasteiger partial charge in [-0.25, -0.2) is 4.39 Å². The molecule has 0 amide bonds. The fourth-order valence-electron chi connectivity index (χ4n) is 2.30. The second kappa shape index (κ2) is 7.52. The lowest BCUT2D eigenvalue weighted by atomic mass is 9.99. The Morgan fingerprint density at radius 1 is 1.33 bits per heavy atom. The number of benzene rings is 1. The van der Waals surface area contributed by atoms with Crippen molar-refractivity contribution in [1.82, 2.24) is 10.3 Å². The van der Waals surface area contributed by atoms with E-state index in [-0.39, 0.29) is 11.9 Å². The van der Waals surface area contributed by atoms with E-state index >= 15 is 0 Å². The van der Waals surface area contributed by atoms with Crippen LogP contribution in [0.3, 0.4) is 0 Å². The van der Waals surface area contributed by atoms with E-state index in [0.29, 0.717) is 6.42 Å². The first-order valence-electron chi connectivity index (χ1n) is 6.80. The summed E-state index contributed by atoms with van der Waals surface area (Å²) in [7, 11) is 1.65. The van der Waals surface area contributed by atoms with E-state index in [9.17, 15) is 4.39 Å². The van der Waals surface area contributed by atoms with Crippen molar-refractivity contribution >= 4 is 15.9 Å². The van der Waals surface area contributed by atoms with Gasteiger partial charge in [-0.3, -0.25) is 4.98 Å². The summed E-state index contributed by atoms with van der Waals surface area (Å²) >= 11 is 3.47. The van der Waals surface area contributed by atoms with Gasteiger partial charge in [0.25, 0.3) is 0 Å². The molecule has 0 bridgehead atoms. The molecule has 5 heteroatoms. The van der Waals surface area contributed by atoms with Crippen molar-refractivity contribution in [3.63, 3.8) is 0 Å². The summed E-state index contributed by atoms with van der Waals surface area (Å²) in [6.07, 6.45) is 3.61. The van der Waals surface area contributed by atoms with E-state index in [0.717, 1.165) is 27.9 Å². The Bertz CT molecular complexity index is 607. The first-order valence-corrected chi connectivity index (χ1v) is 7.59. The van der Waals surface area contributed by atoms with Crippen LogP contribution in [0.5, 0.6) is 5.75 Å². The fraction of sp³-hybridized carbons (Fsp3) is 0.312. The predicted octanol–water partition coefficient (Wildman–Crippen LogP) is 3.89. The summed E-state index contributed by atoms with van der Waals surface area (Å²) in [6, 6.07) is 7.39. The van der Waals surface area contributed by atoms with Crippen LogP contribution in [0.4, 0.5) is 4.39 Å². The third-order valence-electron chi connectivity index (χ3n) is 3.25. The maximum Gasteiger partial charge on any atom is 0.141 e. The van der Waals surface area contributed by atoms with Crippen molar-refractivity contribution in [1.29, 1.82) is 0 Å². The van der Waals surface area contributed by atoms with Gasteiger partial charge in [-0.15, -0.1) is 0 Å². The van der Waals surface area contributed by atoms with Gasteiger partial charge in [-0.2, -0.15) is 0 Å². The molecule has 0 aliphatic rings. The SMILES string of the molecule is CCNC(Cc1cc(Br)ccc1OC)c1cncc(F)c1. The number of rotatable bonds is 6. The predicted molar refractivity (Wildman–Crippen MR) is 85.0 cm³/mol. The van der Waals surface area contributed by atoms with Crippen molar-refractivity contribution in [3.05, 3.63) is 58.1 Å². The highest BCUT2D eigenvalue weighted by molar-refractivity contribution is 9.10. The van der Waals surface area contributed by atoms with Crippen molar-refractivity contribution in [2.24, 2.45) is 0 Å². The molecule has 0 aliphatic carbocycles. The van der Waals surface area contributed by atoms with Crippen LogP contribution in [0.15, 0.2) is 41.1 Å². The summed E-state index contributed by atoms with van der Waals surface area (Å²) in [6.45, 7) is 2.81. The Morgan fingerprint density at radius 2 is 2.14 bits per heavy atom. The molecule has 0 saturated carbocycles. The highest BCUT2D eigenvalue weighted by Crippen LogP contribution is 2.28. The fourth-order valence-corrected chi connectivity index (χ4v) is 2.71. The first kappa shape index (κ1) is 15.9. The molecular formula is C16H18BrFN2O. The molecule has 1 aromatic carbocycles. The largest absolute Gasteiger partial charge is 0.496 e. The summed E-state index contributed by atoms with van der Waals surface area (Å²) in [4.78, 5) is 3.93. The smallest absolute Gasteiger partial charge is 0.141 e. The molecule has 1 aromatic heterocycles. The summed E-state index contributed by atoms with van der Waals surface area (Å²) in [5.41, 5.74) is 1.89. The minimum Gasteiger partial charge on any atom is -0.496 e. The quantitative estimate of drug-likeness (QED) is 0.856. The molecule has 1 atom stereocenters. The van der Waals surface area contributed by atoms with E-state index in [1.54, 1.807) is 13.3 Å². The number of pyridine rings is 1.